The summed E-state index contributed by atoms with van der Waals surface area (Å²) in [5, 5.41) is 5.02. The normalized spacial score (nSPS) is 16.5. The van der Waals surface area contributed by atoms with Crippen LogP contribution in [0.4, 0.5) is 10.1 Å². The number of aromatic nitrogens is 1. The lowest BCUT2D eigenvalue weighted by Crippen LogP contribution is -2.49. The van der Waals surface area contributed by atoms with Crippen molar-refractivity contribution in [1.82, 2.24) is 19.7 Å². The molecule has 28 heavy (non-hydrogen) atoms. The number of amides is 2. The highest BCUT2D eigenvalue weighted by Crippen LogP contribution is 2.21. The molecule has 1 unspecified atom stereocenters. The Hall–Kier alpha value is -2.71. The topological polar surface area (TPSA) is 69.6 Å². The number of hydrogen-bond donors (Lipinski definition) is 2. The van der Waals surface area contributed by atoms with Gasteiger partial charge in [0.1, 0.15) is 5.82 Å². The van der Waals surface area contributed by atoms with E-state index in [4.69, 9.17) is 0 Å². The minimum Gasteiger partial charge on any atom is -0.353 e. The van der Waals surface area contributed by atoms with Gasteiger partial charge in [0.15, 0.2) is 0 Å². The molecular formula is C20H26FN5O2. The lowest BCUT2D eigenvalue weighted by atomic mass is 10.1. The van der Waals surface area contributed by atoms with Crippen LogP contribution in [0, 0.1) is 5.82 Å². The Morgan fingerprint density at radius 2 is 1.75 bits per heavy atom. The van der Waals surface area contributed by atoms with Crippen LogP contribution >= 0.6 is 0 Å². The fraction of sp³-hybridized carbons (Fsp3) is 0.400. The number of para-hydroxylation sites is 1. The first-order chi connectivity index (χ1) is 13.5. The van der Waals surface area contributed by atoms with Crippen molar-refractivity contribution in [3.8, 4) is 0 Å². The number of hydrogen-bond acceptors (Lipinski definition) is 4. The summed E-state index contributed by atoms with van der Waals surface area (Å²) in [7, 11) is 4.05. The van der Waals surface area contributed by atoms with Gasteiger partial charge >= 0.3 is 11.8 Å². The molecule has 2 N–H and O–H groups in total. The zero-order chi connectivity index (χ0) is 20.1. The Bertz CT molecular complexity index is 830. The molecule has 1 aromatic carbocycles. The Kier molecular flexibility index (Phi) is 6.43. The first-order valence-corrected chi connectivity index (χ1v) is 9.33. The van der Waals surface area contributed by atoms with Gasteiger partial charge in [0.25, 0.3) is 0 Å². The highest BCUT2D eigenvalue weighted by atomic mass is 19.1. The molecule has 1 aliphatic rings. The standard InChI is InChI=1S/C20H26FN5O2/c1-24-10-12-26(13-11-24)18(17-8-5-9-25(17)2)14-22-19(27)20(28)23-16-7-4-3-6-15(16)21/h3-9,18H,10-14H2,1-2H3,(H,22,27)(H,23,28). The summed E-state index contributed by atoms with van der Waals surface area (Å²) in [5.41, 5.74) is 1.06. The molecule has 0 spiro atoms. The number of carbonyl (C=O) groups excluding carboxylic acids is 2. The quantitative estimate of drug-likeness (QED) is 0.757. The third-order valence-corrected chi connectivity index (χ3v) is 5.09. The van der Waals surface area contributed by atoms with Crippen molar-refractivity contribution in [1.29, 1.82) is 0 Å². The van der Waals surface area contributed by atoms with Crippen molar-refractivity contribution in [2.75, 3.05) is 45.1 Å². The van der Waals surface area contributed by atoms with Gasteiger partial charge < -0.3 is 20.1 Å². The predicted octanol–water partition coefficient (Wildman–Crippen LogP) is 1.21. The summed E-state index contributed by atoms with van der Waals surface area (Å²) in [5.74, 6) is -2.24. The largest absolute Gasteiger partial charge is 0.353 e. The van der Waals surface area contributed by atoms with Crippen LogP contribution in [-0.2, 0) is 16.6 Å². The van der Waals surface area contributed by atoms with Crippen LogP contribution in [0.1, 0.15) is 11.7 Å². The number of rotatable bonds is 5. The van der Waals surface area contributed by atoms with E-state index in [9.17, 15) is 14.0 Å². The molecule has 0 bridgehead atoms. The summed E-state index contributed by atoms with van der Waals surface area (Å²) in [6, 6.07) is 9.70. The highest BCUT2D eigenvalue weighted by Gasteiger charge is 2.27. The molecule has 2 aromatic rings. The molecule has 1 aliphatic heterocycles. The molecule has 0 radical (unpaired) electrons. The highest BCUT2D eigenvalue weighted by molar-refractivity contribution is 6.39. The maximum Gasteiger partial charge on any atom is 0.313 e. The maximum atomic E-state index is 13.7. The predicted molar refractivity (Wildman–Crippen MR) is 105 cm³/mol. The first-order valence-electron chi connectivity index (χ1n) is 9.33. The van der Waals surface area contributed by atoms with Gasteiger partial charge in [-0.05, 0) is 31.3 Å². The molecule has 1 saturated heterocycles. The van der Waals surface area contributed by atoms with Gasteiger partial charge in [0.05, 0.1) is 11.7 Å². The third-order valence-electron chi connectivity index (χ3n) is 5.09. The van der Waals surface area contributed by atoms with E-state index in [1.54, 1.807) is 6.07 Å². The van der Waals surface area contributed by atoms with Crippen LogP contribution in [0.2, 0.25) is 0 Å². The monoisotopic (exact) mass is 387 g/mol. The van der Waals surface area contributed by atoms with Crippen molar-refractivity contribution in [2.45, 2.75) is 6.04 Å². The summed E-state index contributed by atoms with van der Waals surface area (Å²) >= 11 is 0. The second kappa shape index (κ2) is 8.99. The van der Waals surface area contributed by atoms with Gasteiger partial charge in [0, 0.05) is 51.7 Å². The number of benzene rings is 1. The number of piperazine rings is 1. The van der Waals surface area contributed by atoms with Gasteiger partial charge in [-0.15, -0.1) is 0 Å². The summed E-state index contributed by atoms with van der Waals surface area (Å²) in [6.45, 7) is 3.95. The van der Waals surface area contributed by atoms with Gasteiger partial charge in [-0.3, -0.25) is 14.5 Å². The van der Waals surface area contributed by atoms with E-state index in [-0.39, 0.29) is 11.7 Å². The molecule has 8 heteroatoms. The van der Waals surface area contributed by atoms with Crippen LogP contribution in [0.5, 0.6) is 0 Å². The number of aryl methyl sites for hydroxylation is 1. The second-order valence-electron chi connectivity index (χ2n) is 7.04. The number of carbonyl (C=O) groups is 2. The fourth-order valence-electron chi connectivity index (χ4n) is 3.39. The molecule has 1 aromatic heterocycles. The van der Waals surface area contributed by atoms with Crippen LogP contribution in [0.3, 0.4) is 0 Å². The molecule has 0 aliphatic carbocycles. The van der Waals surface area contributed by atoms with E-state index in [0.717, 1.165) is 31.9 Å². The van der Waals surface area contributed by atoms with Crippen LogP contribution < -0.4 is 10.6 Å². The van der Waals surface area contributed by atoms with E-state index in [1.807, 2.05) is 29.9 Å². The summed E-state index contributed by atoms with van der Waals surface area (Å²) in [6.07, 6.45) is 1.96. The van der Waals surface area contributed by atoms with E-state index >= 15 is 0 Å². The maximum absolute atomic E-state index is 13.7. The van der Waals surface area contributed by atoms with Gasteiger partial charge in [-0.2, -0.15) is 0 Å². The number of nitrogens with one attached hydrogen (secondary N) is 2. The Morgan fingerprint density at radius 1 is 1.04 bits per heavy atom. The minimum atomic E-state index is -0.880. The fourth-order valence-corrected chi connectivity index (χ4v) is 3.39. The lowest BCUT2D eigenvalue weighted by molar-refractivity contribution is -0.136. The molecule has 3 rings (SSSR count). The van der Waals surface area contributed by atoms with Crippen LogP contribution in [0.15, 0.2) is 42.6 Å². The van der Waals surface area contributed by atoms with Crippen molar-refractivity contribution in [2.24, 2.45) is 7.05 Å². The third kappa shape index (κ3) is 4.76. The Morgan fingerprint density at radius 3 is 2.39 bits per heavy atom. The molecule has 2 heterocycles. The Labute approximate surface area is 164 Å². The van der Waals surface area contributed by atoms with Crippen molar-refractivity contribution in [3.05, 3.63) is 54.1 Å². The summed E-state index contributed by atoms with van der Waals surface area (Å²) < 4.78 is 15.7. The van der Waals surface area contributed by atoms with Gasteiger partial charge in [0.2, 0.25) is 0 Å². The van der Waals surface area contributed by atoms with Crippen molar-refractivity contribution < 1.29 is 14.0 Å². The molecule has 1 fully saturated rings. The zero-order valence-corrected chi connectivity index (χ0v) is 16.2. The number of likely N-dealkylation sites (N-methyl/N-ethyl adjacent to an activating group) is 1. The molecule has 1 atom stereocenters. The van der Waals surface area contributed by atoms with Crippen LogP contribution in [-0.4, -0.2) is 66.0 Å². The average molecular weight is 387 g/mol. The number of nitrogens with zero attached hydrogens (tertiary/aromatic N) is 3. The molecule has 7 nitrogen and oxygen atoms in total. The smallest absolute Gasteiger partial charge is 0.313 e. The van der Waals surface area contributed by atoms with Crippen LogP contribution in [0.25, 0.3) is 0 Å². The van der Waals surface area contributed by atoms with Gasteiger partial charge in [-0.1, -0.05) is 12.1 Å². The molecule has 0 saturated carbocycles. The van der Waals surface area contributed by atoms with Crippen molar-refractivity contribution in [3.63, 3.8) is 0 Å². The zero-order valence-electron chi connectivity index (χ0n) is 16.2. The summed E-state index contributed by atoms with van der Waals surface area (Å²) in [4.78, 5) is 29.0. The second-order valence-corrected chi connectivity index (χ2v) is 7.04. The lowest BCUT2D eigenvalue weighted by Gasteiger charge is -2.38. The van der Waals surface area contributed by atoms with Gasteiger partial charge in [-0.25, -0.2) is 4.39 Å². The van der Waals surface area contributed by atoms with Crippen molar-refractivity contribution >= 4 is 17.5 Å². The SMILES string of the molecule is CN1CCN(C(CNC(=O)C(=O)Nc2ccccc2F)c2cccn2C)CC1. The molecule has 2 amide bonds. The van der Waals surface area contributed by atoms with E-state index < -0.39 is 17.6 Å². The number of anilines is 1. The average Bonchev–Trinajstić information content (AvgIpc) is 3.10. The molecular weight excluding hydrogens is 361 g/mol. The Balaban J connectivity index is 1.64. The van der Waals surface area contributed by atoms with E-state index in [2.05, 4.69) is 27.5 Å². The number of halogens is 1. The van der Waals surface area contributed by atoms with E-state index in [1.165, 1.54) is 18.2 Å². The van der Waals surface area contributed by atoms with E-state index in [0.29, 0.717) is 6.54 Å². The molecule has 150 valence electrons. The minimum absolute atomic E-state index is 0.0132. The first kappa shape index (κ1) is 20.0.